The second kappa shape index (κ2) is 20.3. The Hall–Kier alpha value is -7.55. The minimum Gasteiger partial charge on any atom is -0.312 e. The van der Waals surface area contributed by atoms with E-state index in [2.05, 4.69) is 121 Å². The summed E-state index contributed by atoms with van der Waals surface area (Å²) in [5.74, 6) is 0. The highest BCUT2D eigenvalue weighted by molar-refractivity contribution is 6.70. The predicted molar refractivity (Wildman–Crippen MR) is 317 cm³/mol. The second-order valence-electron chi connectivity index (χ2n) is 17.6. The molecule has 10 rings (SSSR count). The average molecular weight is 891 g/mol. The van der Waals surface area contributed by atoms with Gasteiger partial charge in [0.05, 0.1) is 0 Å². The first-order valence-electron chi connectivity index (χ1n) is 23.2. The maximum Gasteiger partial charge on any atom is 0.115 e. The van der Waals surface area contributed by atoms with Crippen LogP contribution in [0.4, 0.5) is 34.1 Å². The molecule has 0 amide bonds. The lowest BCUT2D eigenvalue weighted by Crippen LogP contribution is -2.56. The van der Waals surface area contributed by atoms with Crippen LogP contribution in [0.3, 0.4) is 0 Å². The number of anilines is 6. The van der Waals surface area contributed by atoms with E-state index in [1.165, 1.54) is 0 Å². The minimum absolute atomic E-state index is 0.153. The molecule has 2 nitrogen and oxygen atoms in total. The van der Waals surface area contributed by atoms with Gasteiger partial charge in [-0.3, -0.25) is 0 Å². The maximum absolute atomic E-state index is 6.69. The molecule has 10 aromatic rings. The Labute approximate surface area is 436 Å². The van der Waals surface area contributed by atoms with Crippen LogP contribution in [0.2, 0.25) is 0 Å². The molecule has 0 fully saturated rings. The molecule has 314 valence electrons. The van der Waals surface area contributed by atoms with Crippen LogP contribution in [-0.4, -0.2) is 78.5 Å². The first kappa shape index (κ1) is 48.1. The third-order valence-electron chi connectivity index (χ3n) is 13.2. The fourth-order valence-corrected chi connectivity index (χ4v) is 9.20. The molecular formula is C60H34B10N2. The van der Waals surface area contributed by atoms with Crippen molar-refractivity contribution in [2.45, 2.75) is 0 Å². The summed E-state index contributed by atoms with van der Waals surface area (Å²) in [6.07, 6.45) is 0. The normalized spacial score (nSPS) is 11.1. The summed E-state index contributed by atoms with van der Waals surface area (Å²) < 4.78 is 0. The van der Waals surface area contributed by atoms with Crippen LogP contribution in [0, 0.1) is 0 Å². The third-order valence-corrected chi connectivity index (χ3v) is 13.2. The predicted octanol–water partition coefficient (Wildman–Crippen LogP) is 4.90. The molecule has 0 saturated heterocycles. The van der Waals surface area contributed by atoms with Crippen LogP contribution in [0.15, 0.2) is 206 Å². The Morgan fingerprint density at radius 2 is 0.375 bits per heavy atom. The summed E-state index contributed by atoms with van der Waals surface area (Å²) in [5, 5.41) is 0. The van der Waals surface area contributed by atoms with Crippen molar-refractivity contribution < 1.29 is 0 Å². The molecule has 0 heterocycles. The zero-order valence-electron chi connectivity index (χ0n) is 39.3. The summed E-state index contributed by atoms with van der Waals surface area (Å²) in [4.78, 5) is 3.92. The Morgan fingerprint density at radius 1 is 0.181 bits per heavy atom. The Bertz CT molecular complexity index is 3310. The van der Waals surface area contributed by atoms with Gasteiger partial charge in [0, 0.05) is 34.1 Å². The van der Waals surface area contributed by atoms with Gasteiger partial charge in [0.15, 0.2) is 0 Å². The summed E-state index contributed by atoms with van der Waals surface area (Å²) in [7, 11) is 64.9. The first-order chi connectivity index (χ1) is 34.9. The number of hydrogen-bond acceptors (Lipinski definition) is 2. The van der Waals surface area contributed by atoms with E-state index in [9.17, 15) is 0 Å². The summed E-state index contributed by atoms with van der Waals surface area (Å²) >= 11 is 0. The zero-order valence-corrected chi connectivity index (χ0v) is 39.3. The van der Waals surface area contributed by atoms with Gasteiger partial charge in [0.25, 0.3) is 0 Å². The molecule has 0 N–H and O–H groups in total. The molecule has 0 unspecified atom stereocenters. The highest BCUT2D eigenvalue weighted by Crippen LogP contribution is 2.38. The second-order valence-corrected chi connectivity index (χ2v) is 17.6. The topological polar surface area (TPSA) is 6.48 Å². The average Bonchev–Trinajstić information content (AvgIpc) is 3.44. The smallest absolute Gasteiger partial charge is 0.115 e. The number of rotatable bonds is 11. The quantitative estimate of drug-likeness (QED) is 0.171. The van der Waals surface area contributed by atoms with Gasteiger partial charge in [0.2, 0.25) is 0 Å². The molecule has 12 heteroatoms. The fraction of sp³-hybridized carbons (Fsp3) is 0. The van der Waals surface area contributed by atoms with Crippen molar-refractivity contribution in [1.29, 1.82) is 0 Å². The molecule has 0 aromatic heterocycles. The lowest BCUT2D eigenvalue weighted by Gasteiger charge is -2.32. The van der Waals surface area contributed by atoms with E-state index in [0.717, 1.165) is 78.4 Å². The van der Waals surface area contributed by atoms with Crippen LogP contribution in [0.1, 0.15) is 0 Å². The van der Waals surface area contributed by atoms with Crippen molar-refractivity contribution in [1.82, 2.24) is 0 Å². The fourth-order valence-electron chi connectivity index (χ4n) is 9.20. The molecule has 0 saturated carbocycles. The van der Waals surface area contributed by atoms with E-state index in [1.54, 1.807) is 0 Å². The summed E-state index contributed by atoms with van der Waals surface area (Å²) in [6, 6.07) is 70.0. The number of benzene rings is 10. The third kappa shape index (κ3) is 9.16. The molecule has 0 aliphatic heterocycles. The van der Waals surface area contributed by atoms with E-state index >= 15 is 0 Å². The molecule has 20 radical (unpaired) electrons. The van der Waals surface area contributed by atoms with Crippen molar-refractivity contribution in [2.24, 2.45) is 0 Å². The molecular weight excluding hydrogens is 857 g/mol. The van der Waals surface area contributed by atoms with Crippen molar-refractivity contribution in [3.63, 3.8) is 0 Å². The lowest BCUT2D eigenvalue weighted by atomic mass is 9.61. The maximum atomic E-state index is 6.69. The van der Waals surface area contributed by atoms with Gasteiger partial charge in [-0.1, -0.05) is 167 Å². The first-order valence-corrected chi connectivity index (χ1v) is 23.2. The molecule has 72 heavy (non-hydrogen) atoms. The van der Waals surface area contributed by atoms with Gasteiger partial charge in [0.1, 0.15) is 78.5 Å². The molecule has 0 atom stereocenters. The molecule has 0 aliphatic carbocycles. The van der Waals surface area contributed by atoms with E-state index in [0.29, 0.717) is 11.4 Å². The van der Waals surface area contributed by atoms with Crippen LogP contribution in [0.25, 0.3) is 55.6 Å². The summed E-state index contributed by atoms with van der Waals surface area (Å²) in [5.41, 5.74) is 16.5. The van der Waals surface area contributed by atoms with Crippen LogP contribution in [-0.2, 0) is 0 Å². The SMILES string of the molecule is [B]c1c([B])c([B])c(N(c2ccc(-c3ccccc3)cc2)c2ccc(-c3cccc(-c4cccc(-c5ccc(N(c6ccc(-c7ccccc7)cc6)c6c([B])c([B])c([B])c([B])c6[B])cc5)c4)c3)cc2)c([B])c1[B]. The van der Waals surface area contributed by atoms with Crippen molar-refractivity contribution in [2.75, 3.05) is 9.80 Å². The molecule has 0 bridgehead atoms. The Balaban J connectivity index is 0.956. The summed E-state index contributed by atoms with van der Waals surface area (Å²) in [6.45, 7) is 0. The van der Waals surface area contributed by atoms with Gasteiger partial charge in [-0.25, -0.2) is 0 Å². The van der Waals surface area contributed by atoms with Crippen molar-refractivity contribution in [3.8, 4) is 55.6 Å². The highest BCUT2D eigenvalue weighted by atomic mass is 15.2. The Kier molecular flexibility index (Phi) is 13.5. The largest absolute Gasteiger partial charge is 0.312 e. The van der Waals surface area contributed by atoms with Gasteiger partial charge < -0.3 is 9.80 Å². The number of hydrogen-bond donors (Lipinski definition) is 0. The van der Waals surface area contributed by atoms with E-state index < -0.39 is 0 Å². The molecule has 0 aliphatic rings. The van der Waals surface area contributed by atoms with Crippen LogP contribution in [0.5, 0.6) is 0 Å². The van der Waals surface area contributed by atoms with E-state index in [4.69, 9.17) is 78.5 Å². The van der Waals surface area contributed by atoms with Crippen LogP contribution >= 0.6 is 0 Å². The van der Waals surface area contributed by atoms with Gasteiger partial charge in [-0.05, 0) is 116 Å². The lowest BCUT2D eigenvalue weighted by molar-refractivity contribution is 1.31. The molecule has 0 spiro atoms. The number of nitrogens with zero attached hydrogens (tertiary/aromatic N) is 2. The standard InChI is InChI=1S/C60H34B10N2/c61-49-51(63)55(67)59(56(68)52(49)64)71(45-25-17-37(18-26-45)35-9-3-1-4-10-35)47-29-21-39(22-30-47)41-13-7-15-43(33-41)44-16-8-14-42(34-44)40-23-31-48(32-24-40)72(60-57(69)53(65)50(62)54(66)58(60)70)46-27-19-38(20-28-46)36-11-5-2-6-12-36/h1-34H. The highest BCUT2D eigenvalue weighted by Gasteiger charge is 2.22. The molecule has 10 aromatic carbocycles. The van der Waals surface area contributed by atoms with Crippen molar-refractivity contribution in [3.05, 3.63) is 206 Å². The zero-order chi connectivity index (χ0) is 50.2. The monoisotopic (exact) mass is 892 g/mol. The minimum atomic E-state index is 0.153. The van der Waals surface area contributed by atoms with Gasteiger partial charge in [-0.15, -0.1) is 32.8 Å². The van der Waals surface area contributed by atoms with E-state index in [-0.39, 0.29) is 54.6 Å². The Morgan fingerprint density at radius 3 is 0.639 bits per heavy atom. The van der Waals surface area contributed by atoms with Crippen LogP contribution < -0.4 is 64.4 Å². The van der Waals surface area contributed by atoms with E-state index in [1.807, 2.05) is 94.7 Å². The van der Waals surface area contributed by atoms with Crippen molar-refractivity contribution >= 4 is 167 Å². The van der Waals surface area contributed by atoms with Gasteiger partial charge in [-0.2, -0.15) is 0 Å². The van der Waals surface area contributed by atoms with Gasteiger partial charge >= 0.3 is 0 Å².